The quantitative estimate of drug-likeness (QED) is 0.431. The van der Waals surface area contributed by atoms with Gasteiger partial charge in [0.1, 0.15) is 0 Å². The van der Waals surface area contributed by atoms with Crippen molar-refractivity contribution in [2.45, 2.75) is 31.7 Å². The van der Waals surface area contributed by atoms with Crippen molar-refractivity contribution in [3.8, 4) is 0 Å². The van der Waals surface area contributed by atoms with Crippen molar-refractivity contribution in [2.75, 3.05) is 36.5 Å². The van der Waals surface area contributed by atoms with Crippen LogP contribution in [-0.4, -0.2) is 49.4 Å². The Morgan fingerprint density at radius 3 is 2.47 bits per heavy atom. The van der Waals surface area contributed by atoms with Crippen LogP contribution in [0.25, 0.3) is 6.08 Å². The van der Waals surface area contributed by atoms with E-state index in [2.05, 4.69) is 43.0 Å². The van der Waals surface area contributed by atoms with E-state index in [0.717, 1.165) is 28.3 Å². The van der Waals surface area contributed by atoms with Crippen LogP contribution in [0, 0.1) is 13.8 Å². The van der Waals surface area contributed by atoms with Gasteiger partial charge in [0.25, 0.3) is 11.8 Å². The van der Waals surface area contributed by atoms with E-state index in [0.29, 0.717) is 23.6 Å². The molecular formula is C30H31N3O2S. The van der Waals surface area contributed by atoms with Crippen LogP contribution >= 0.6 is 11.8 Å². The normalized spacial score (nSPS) is 19.0. The molecular weight excluding hydrogens is 466 g/mol. The molecule has 5 nitrogen and oxygen atoms in total. The predicted octanol–water partition coefficient (Wildman–Crippen LogP) is 5.76. The smallest absolute Gasteiger partial charge is 0.264 e. The molecule has 0 bridgehead atoms. The van der Waals surface area contributed by atoms with Gasteiger partial charge in [0.2, 0.25) is 0 Å². The first-order valence-electron chi connectivity index (χ1n) is 12.3. The third kappa shape index (κ3) is 4.65. The van der Waals surface area contributed by atoms with Crippen molar-refractivity contribution >= 4 is 41.0 Å². The van der Waals surface area contributed by atoms with Gasteiger partial charge < -0.3 is 14.7 Å². The Bertz CT molecular complexity index is 1350. The maximum Gasteiger partial charge on any atom is 0.264 e. The van der Waals surface area contributed by atoms with Gasteiger partial charge in [-0.15, -0.1) is 0 Å². The number of aryl methyl sites for hydroxylation is 2. The molecule has 6 heteroatoms. The van der Waals surface area contributed by atoms with Gasteiger partial charge in [-0.2, -0.15) is 0 Å². The molecule has 3 aromatic rings. The Balaban J connectivity index is 1.33. The summed E-state index contributed by atoms with van der Waals surface area (Å²) in [7, 11) is 1.78. The standard InChI is InChI=1S/C30H31N3O2S/c1-20-9-12-25(13-10-20)33-16-15-32(19-22(33)3)29(34)24-11-14-27-26(17-24)31(4)30(35)28(36-27)18-23-8-6-5-7-21(23)2/h5-14,17-18,22H,15-16,19H2,1-4H3. The number of hydrogen-bond donors (Lipinski definition) is 0. The SMILES string of the molecule is Cc1ccc(N2CCN(C(=O)c3ccc4c(c3)N(C)C(=O)C(=Cc3ccccc3C)S4)CC2C)cc1. The molecule has 1 unspecified atom stereocenters. The molecule has 0 aliphatic carbocycles. The number of benzene rings is 3. The Morgan fingerprint density at radius 2 is 1.75 bits per heavy atom. The van der Waals surface area contributed by atoms with Crippen molar-refractivity contribution in [3.05, 3.63) is 93.9 Å². The number of thioether (sulfide) groups is 1. The van der Waals surface area contributed by atoms with Crippen LogP contribution in [0.5, 0.6) is 0 Å². The number of fused-ring (bicyclic) bond motifs is 1. The minimum absolute atomic E-state index is 0.0142. The molecule has 1 fully saturated rings. The van der Waals surface area contributed by atoms with Crippen molar-refractivity contribution in [2.24, 2.45) is 0 Å². The van der Waals surface area contributed by atoms with Gasteiger partial charge in [0.15, 0.2) is 0 Å². The van der Waals surface area contributed by atoms with Gasteiger partial charge in [-0.3, -0.25) is 9.59 Å². The van der Waals surface area contributed by atoms with Crippen LogP contribution in [0.4, 0.5) is 11.4 Å². The first-order chi connectivity index (χ1) is 17.3. The third-order valence-electron chi connectivity index (χ3n) is 7.06. The van der Waals surface area contributed by atoms with Gasteiger partial charge in [-0.25, -0.2) is 0 Å². The molecule has 36 heavy (non-hydrogen) atoms. The monoisotopic (exact) mass is 497 g/mol. The van der Waals surface area contributed by atoms with Gasteiger partial charge >= 0.3 is 0 Å². The molecule has 2 aliphatic rings. The molecule has 5 rings (SSSR count). The number of carbonyl (C=O) groups excluding carboxylic acids is 2. The fraction of sp³-hybridized carbons (Fsp3) is 0.267. The highest BCUT2D eigenvalue weighted by Gasteiger charge is 2.30. The summed E-state index contributed by atoms with van der Waals surface area (Å²) in [6, 6.07) is 22.5. The van der Waals surface area contributed by atoms with Crippen molar-refractivity contribution in [1.82, 2.24) is 4.90 Å². The summed E-state index contributed by atoms with van der Waals surface area (Å²) in [4.78, 5) is 34.2. The number of likely N-dealkylation sites (N-methyl/N-ethyl adjacent to an activating group) is 1. The molecule has 0 spiro atoms. The fourth-order valence-electron chi connectivity index (χ4n) is 4.86. The molecule has 1 saturated heterocycles. The van der Waals surface area contributed by atoms with Gasteiger partial charge in [0.05, 0.1) is 10.6 Å². The summed E-state index contributed by atoms with van der Waals surface area (Å²) in [5, 5.41) is 0. The molecule has 1 atom stereocenters. The van der Waals surface area contributed by atoms with Crippen molar-refractivity contribution in [1.29, 1.82) is 0 Å². The van der Waals surface area contributed by atoms with Gasteiger partial charge in [-0.1, -0.05) is 53.7 Å². The number of nitrogens with zero attached hydrogens (tertiary/aromatic N) is 3. The minimum atomic E-state index is -0.0549. The lowest BCUT2D eigenvalue weighted by Gasteiger charge is -2.41. The van der Waals surface area contributed by atoms with Crippen LogP contribution in [0.3, 0.4) is 0 Å². The first-order valence-corrected chi connectivity index (χ1v) is 13.1. The average molecular weight is 498 g/mol. The lowest BCUT2D eigenvalue weighted by atomic mass is 10.1. The zero-order valence-corrected chi connectivity index (χ0v) is 22.0. The van der Waals surface area contributed by atoms with E-state index in [1.807, 2.05) is 60.4 Å². The van der Waals surface area contributed by atoms with E-state index in [9.17, 15) is 9.59 Å². The largest absolute Gasteiger partial charge is 0.365 e. The molecule has 0 N–H and O–H groups in total. The van der Waals surface area contributed by atoms with Crippen molar-refractivity contribution < 1.29 is 9.59 Å². The molecule has 2 heterocycles. The molecule has 3 aromatic carbocycles. The topological polar surface area (TPSA) is 43.9 Å². The Morgan fingerprint density at radius 1 is 1.00 bits per heavy atom. The van der Waals surface area contributed by atoms with Crippen molar-refractivity contribution in [3.63, 3.8) is 0 Å². The number of piperazine rings is 1. The second-order valence-corrected chi connectivity index (χ2v) is 10.7. The zero-order valence-electron chi connectivity index (χ0n) is 21.2. The highest BCUT2D eigenvalue weighted by atomic mass is 32.2. The van der Waals surface area contributed by atoms with E-state index >= 15 is 0 Å². The van der Waals surface area contributed by atoms with E-state index in [1.54, 1.807) is 11.9 Å². The summed E-state index contributed by atoms with van der Waals surface area (Å²) < 4.78 is 0. The minimum Gasteiger partial charge on any atom is -0.365 e. The number of amides is 2. The van der Waals surface area contributed by atoms with Crippen LogP contribution < -0.4 is 9.80 Å². The molecule has 2 aliphatic heterocycles. The predicted molar refractivity (Wildman–Crippen MR) is 149 cm³/mol. The molecule has 184 valence electrons. The third-order valence-corrected chi connectivity index (χ3v) is 8.14. The van der Waals surface area contributed by atoms with Crippen LogP contribution in [0.1, 0.15) is 34.0 Å². The maximum atomic E-state index is 13.4. The van der Waals surface area contributed by atoms with Crippen LogP contribution in [-0.2, 0) is 4.79 Å². The summed E-state index contributed by atoms with van der Waals surface area (Å²) >= 11 is 1.47. The summed E-state index contributed by atoms with van der Waals surface area (Å²) in [6.45, 7) is 8.42. The lowest BCUT2D eigenvalue weighted by Crippen LogP contribution is -2.53. The molecule has 0 radical (unpaired) electrons. The van der Waals surface area contributed by atoms with Crippen LogP contribution in [0.2, 0.25) is 0 Å². The highest BCUT2D eigenvalue weighted by Crippen LogP contribution is 2.42. The number of carbonyl (C=O) groups is 2. The Hall–Kier alpha value is -3.51. The fourth-order valence-corrected chi connectivity index (χ4v) is 5.94. The second kappa shape index (κ2) is 9.86. The first kappa shape index (κ1) is 24.2. The summed E-state index contributed by atoms with van der Waals surface area (Å²) in [5.74, 6) is -0.0407. The zero-order chi connectivity index (χ0) is 25.4. The Labute approximate surface area is 217 Å². The average Bonchev–Trinajstić information content (AvgIpc) is 2.88. The van der Waals surface area contributed by atoms with E-state index in [4.69, 9.17) is 0 Å². The number of rotatable bonds is 3. The lowest BCUT2D eigenvalue weighted by molar-refractivity contribution is -0.114. The highest BCUT2D eigenvalue weighted by molar-refractivity contribution is 8.04. The van der Waals surface area contributed by atoms with E-state index in [1.165, 1.54) is 23.0 Å². The summed E-state index contributed by atoms with van der Waals surface area (Å²) in [5.41, 5.74) is 6.01. The maximum absolute atomic E-state index is 13.4. The Kier molecular flexibility index (Phi) is 6.63. The van der Waals surface area contributed by atoms with E-state index < -0.39 is 0 Å². The summed E-state index contributed by atoms with van der Waals surface area (Å²) in [6.07, 6.45) is 1.95. The number of anilines is 2. The van der Waals surface area contributed by atoms with Crippen LogP contribution in [0.15, 0.2) is 76.5 Å². The van der Waals surface area contributed by atoms with Gasteiger partial charge in [0, 0.05) is 48.9 Å². The molecule has 0 aromatic heterocycles. The van der Waals surface area contributed by atoms with Gasteiger partial charge in [-0.05, 0) is 68.3 Å². The molecule has 0 saturated carbocycles. The second-order valence-electron chi connectivity index (χ2n) is 9.64. The van der Waals surface area contributed by atoms with E-state index in [-0.39, 0.29) is 17.9 Å². The number of hydrogen-bond acceptors (Lipinski definition) is 4. The molecule has 2 amide bonds.